The number of aryl methyl sites for hydroxylation is 1. The topological polar surface area (TPSA) is 58.2 Å². The highest BCUT2D eigenvalue weighted by molar-refractivity contribution is 6.00. The van der Waals surface area contributed by atoms with Gasteiger partial charge in [0, 0.05) is 12.2 Å². The number of carbonyl (C=O) groups excluding carboxylic acids is 2. The van der Waals surface area contributed by atoms with Crippen LogP contribution in [-0.2, 0) is 16.0 Å². The second-order valence-electron chi connectivity index (χ2n) is 6.82. The van der Waals surface area contributed by atoms with Crippen molar-refractivity contribution in [1.82, 2.24) is 5.32 Å². The van der Waals surface area contributed by atoms with E-state index in [-0.39, 0.29) is 29.5 Å². The lowest BCUT2D eigenvalue weighted by atomic mass is 10.1. The monoisotopic (exact) mass is 354 g/mol. The van der Waals surface area contributed by atoms with Crippen LogP contribution >= 0.6 is 0 Å². The van der Waals surface area contributed by atoms with E-state index in [1.807, 2.05) is 32.0 Å². The van der Waals surface area contributed by atoms with Crippen LogP contribution in [0.25, 0.3) is 0 Å². The highest BCUT2D eigenvalue weighted by Crippen LogP contribution is 2.39. The first-order valence-corrected chi connectivity index (χ1v) is 8.85. The van der Waals surface area contributed by atoms with Gasteiger partial charge in [0.2, 0.25) is 11.8 Å². The molecule has 136 valence electrons. The SMILES string of the molecule is Cc1cccc(NC(=O)C2CC2C(=O)NCCc2ccccc2F)c1C. The highest BCUT2D eigenvalue weighted by Gasteiger charge is 2.47. The van der Waals surface area contributed by atoms with Crippen LogP contribution in [0.15, 0.2) is 42.5 Å². The Morgan fingerprint density at radius 2 is 1.77 bits per heavy atom. The van der Waals surface area contributed by atoms with Crippen LogP contribution in [0.2, 0.25) is 0 Å². The number of hydrogen-bond acceptors (Lipinski definition) is 2. The van der Waals surface area contributed by atoms with E-state index in [1.54, 1.807) is 18.2 Å². The number of hydrogen-bond donors (Lipinski definition) is 2. The molecule has 0 aliphatic heterocycles. The molecule has 0 saturated heterocycles. The molecule has 2 N–H and O–H groups in total. The smallest absolute Gasteiger partial charge is 0.228 e. The number of carbonyl (C=O) groups is 2. The third-order valence-electron chi connectivity index (χ3n) is 4.98. The quantitative estimate of drug-likeness (QED) is 0.836. The molecule has 2 aromatic rings. The molecule has 0 radical (unpaired) electrons. The van der Waals surface area contributed by atoms with Crippen LogP contribution < -0.4 is 10.6 Å². The minimum Gasteiger partial charge on any atom is -0.356 e. The van der Waals surface area contributed by atoms with Gasteiger partial charge in [0.1, 0.15) is 5.82 Å². The van der Waals surface area contributed by atoms with Crippen molar-refractivity contribution in [3.05, 3.63) is 65.0 Å². The molecular weight excluding hydrogens is 331 g/mol. The van der Waals surface area contributed by atoms with Gasteiger partial charge < -0.3 is 10.6 Å². The zero-order valence-electron chi connectivity index (χ0n) is 15.0. The Bertz CT molecular complexity index is 835. The summed E-state index contributed by atoms with van der Waals surface area (Å²) >= 11 is 0. The van der Waals surface area contributed by atoms with Gasteiger partial charge in [-0.05, 0) is 55.5 Å². The molecule has 26 heavy (non-hydrogen) atoms. The van der Waals surface area contributed by atoms with Crippen molar-refractivity contribution >= 4 is 17.5 Å². The van der Waals surface area contributed by atoms with Gasteiger partial charge in [-0.2, -0.15) is 0 Å². The van der Waals surface area contributed by atoms with E-state index >= 15 is 0 Å². The second kappa shape index (κ2) is 7.68. The Morgan fingerprint density at radius 3 is 2.54 bits per heavy atom. The van der Waals surface area contributed by atoms with Gasteiger partial charge in [-0.25, -0.2) is 4.39 Å². The summed E-state index contributed by atoms with van der Waals surface area (Å²) in [4.78, 5) is 24.5. The van der Waals surface area contributed by atoms with E-state index < -0.39 is 0 Å². The molecule has 1 saturated carbocycles. The fourth-order valence-corrected chi connectivity index (χ4v) is 3.04. The third kappa shape index (κ3) is 4.10. The number of rotatable bonds is 6. The maximum absolute atomic E-state index is 13.6. The minimum absolute atomic E-state index is 0.118. The van der Waals surface area contributed by atoms with Gasteiger partial charge in [-0.15, -0.1) is 0 Å². The molecule has 0 aromatic heterocycles. The molecule has 0 bridgehead atoms. The molecular formula is C21H23FN2O2. The number of anilines is 1. The van der Waals surface area contributed by atoms with E-state index in [9.17, 15) is 14.0 Å². The summed E-state index contributed by atoms with van der Waals surface area (Å²) in [5.41, 5.74) is 3.52. The Morgan fingerprint density at radius 1 is 1.04 bits per heavy atom. The average molecular weight is 354 g/mol. The molecule has 2 atom stereocenters. The highest BCUT2D eigenvalue weighted by atomic mass is 19.1. The summed E-state index contributed by atoms with van der Waals surface area (Å²) < 4.78 is 13.6. The molecule has 4 nitrogen and oxygen atoms in total. The van der Waals surface area contributed by atoms with Crippen LogP contribution in [0.5, 0.6) is 0 Å². The van der Waals surface area contributed by atoms with Crippen LogP contribution in [0, 0.1) is 31.5 Å². The average Bonchev–Trinajstić information content (AvgIpc) is 3.41. The van der Waals surface area contributed by atoms with Crippen molar-refractivity contribution in [2.24, 2.45) is 11.8 Å². The van der Waals surface area contributed by atoms with Crippen LogP contribution in [0.3, 0.4) is 0 Å². The zero-order valence-corrected chi connectivity index (χ0v) is 15.0. The number of amides is 2. The van der Waals surface area contributed by atoms with Gasteiger partial charge >= 0.3 is 0 Å². The Hall–Kier alpha value is -2.69. The fraction of sp³-hybridized carbons (Fsp3) is 0.333. The van der Waals surface area contributed by atoms with E-state index in [1.165, 1.54) is 6.07 Å². The lowest BCUT2D eigenvalue weighted by Gasteiger charge is -2.10. The summed E-state index contributed by atoms with van der Waals surface area (Å²) in [6.45, 7) is 4.32. The third-order valence-corrected chi connectivity index (χ3v) is 4.98. The summed E-state index contributed by atoms with van der Waals surface area (Å²) in [6, 6.07) is 12.3. The van der Waals surface area contributed by atoms with Gasteiger partial charge in [-0.3, -0.25) is 9.59 Å². The van der Waals surface area contributed by atoms with Gasteiger partial charge in [0.15, 0.2) is 0 Å². The number of nitrogens with one attached hydrogen (secondary N) is 2. The Labute approximate surface area is 152 Å². The van der Waals surface area contributed by atoms with Crippen molar-refractivity contribution in [2.75, 3.05) is 11.9 Å². The first kappa shape index (κ1) is 18.1. The van der Waals surface area contributed by atoms with Crippen molar-refractivity contribution < 1.29 is 14.0 Å². The van der Waals surface area contributed by atoms with E-state index in [0.717, 1.165) is 16.8 Å². The first-order chi connectivity index (χ1) is 12.5. The fourth-order valence-electron chi connectivity index (χ4n) is 3.04. The van der Waals surface area contributed by atoms with Crippen molar-refractivity contribution in [2.45, 2.75) is 26.7 Å². The Balaban J connectivity index is 1.47. The standard InChI is InChI=1S/C21H23FN2O2/c1-13-6-5-9-19(14(13)2)24-21(26)17-12-16(17)20(25)23-11-10-15-7-3-4-8-18(15)22/h3-9,16-17H,10-12H2,1-2H3,(H,23,25)(H,24,26). The molecule has 1 fully saturated rings. The van der Waals surface area contributed by atoms with E-state index in [2.05, 4.69) is 10.6 Å². The maximum atomic E-state index is 13.6. The van der Waals surface area contributed by atoms with Gasteiger partial charge in [0.05, 0.1) is 11.8 Å². The predicted octanol–water partition coefficient (Wildman–Crippen LogP) is 3.38. The minimum atomic E-state index is -0.291. The molecule has 1 aliphatic rings. The van der Waals surface area contributed by atoms with E-state index in [0.29, 0.717) is 24.9 Å². The number of benzene rings is 2. The largest absolute Gasteiger partial charge is 0.356 e. The molecule has 0 heterocycles. The molecule has 2 unspecified atom stereocenters. The Kier molecular flexibility index (Phi) is 5.35. The zero-order chi connectivity index (χ0) is 18.7. The predicted molar refractivity (Wildman–Crippen MR) is 99.3 cm³/mol. The van der Waals surface area contributed by atoms with Gasteiger partial charge in [-0.1, -0.05) is 30.3 Å². The van der Waals surface area contributed by atoms with Gasteiger partial charge in [0.25, 0.3) is 0 Å². The molecule has 5 heteroatoms. The summed E-state index contributed by atoms with van der Waals surface area (Å²) in [6.07, 6.45) is 0.993. The lowest BCUT2D eigenvalue weighted by Crippen LogP contribution is -2.29. The first-order valence-electron chi connectivity index (χ1n) is 8.85. The normalized spacial score (nSPS) is 18.3. The van der Waals surface area contributed by atoms with Crippen LogP contribution in [-0.4, -0.2) is 18.4 Å². The summed E-state index contributed by atoms with van der Waals surface area (Å²) in [7, 11) is 0. The van der Waals surface area contributed by atoms with Crippen molar-refractivity contribution in [3.8, 4) is 0 Å². The van der Waals surface area contributed by atoms with Crippen molar-refractivity contribution in [1.29, 1.82) is 0 Å². The number of halogens is 1. The molecule has 1 aliphatic carbocycles. The maximum Gasteiger partial charge on any atom is 0.228 e. The molecule has 2 aromatic carbocycles. The lowest BCUT2D eigenvalue weighted by molar-refractivity contribution is -0.125. The van der Waals surface area contributed by atoms with E-state index in [4.69, 9.17) is 0 Å². The van der Waals surface area contributed by atoms with Crippen molar-refractivity contribution in [3.63, 3.8) is 0 Å². The molecule has 0 spiro atoms. The summed E-state index contributed by atoms with van der Waals surface area (Å²) in [5.74, 6) is -1.10. The molecule has 3 rings (SSSR count). The molecule has 2 amide bonds. The summed E-state index contributed by atoms with van der Waals surface area (Å²) in [5, 5.41) is 5.72. The van der Waals surface area contributed by atoms with Crippen LogP contribution in [0.1, 0.15) is 23.1 Å². The second-order valence-corrected chi connectivity index (χ2v) is 6.82. The van der Waals surface area contributed by atoms with Crippen LogP contribution in [0.4, 0.5) is 10.1 Å².